The second kappa shape index (κ2) is 9.02. The number of carbonyl (C=O) groups excluding carboxylic acids is 4. The van der Waals surface area contributed by atoms with Gasteiger partial charge in [-0.2, -0.15) is 5.26 Å². The average molecular weight is 589 g/mol. The van der Waals surface area contributed by atoms with Crippen molar-refractivity contribution in [3.8, 4) is 6.07 Å². The van der Waals surface area contributed by atoms with E-state index in [4.69, 9.17) is 0 Å². The lowest BCUT2D eigenvalue weighted by Gasteiger charge is -2.59. The Labute approximate surface area is 245 Å². The van der Waals surface area contributed by atoms with Gasteiger partial charge in [-0.3, -0.25) is 14.4 Å². The lowest BCUT2D eigenvalue weighted by Crippen LogP contribution is -2.73. The van der Waals surface area contributed by atoms with E-state index in [0.717, 1.165) is 12.8 Å². The van der Waals surface area contributed by atoms with Gasteiger partial charge in [0.1, 0.15) is 18.1 Å². The molecule has 230 valence electrons. The fourth-order valence-corrected chi connectivity index (χ4v) is 8.06. The molecule has 6 rings (SSSR count). The largest absolute Gasteiger partial charge is 0.350 e. The molecule has 42 heavy (non-hydrogen) atoms. The maximum Gasteiger partial charge on any atom is 0.318 e. The summed E-state index contributed by atoms with van der Waals surface area (Å²) in [6.07, 6.45) is 2.97. The highest BCUT2D eigenvalue weighted by molar-refractivity contribution is 5.94. The molecule has 6 aliphatic rings. The molecule has 6 atom stereocenters. The van der Waals surface area contributed by atoms with Gasteiger partial charge in [0.15, 0.2) is 0 Å². The number of nitrogens with zero attached hydrogens (tertiary/aromatic N) is 3. The second-order valence-electron chi connectivity index (χ2n) is 15.6. The van der Waals surface area contributed by atoms with E-state index in [1.165, 1.54) is 9.80 Å². The summed E-state index contributed by atoms with van der Waals surface area (Å²) in [6, 6.07) is -1.10. The molecule has 0 radical (unpaired) electrons. The summed E-state index contributed by atoms with van der Waals surface area (Å²) in [4.78, 5) is 56.3. The third kappa shape index (κ3) is 4.44. The summed E-state index contributed by atoms with van der Waals surface area (Å²) in [5, 5.41) is 18.5. The first-order valence-corrected chi connectivity index (χ1v) is 15.2. The number of urea groups is 1. The van der Waals surface area contributed by atoms with E-state index < -0.39 is 52.7 Å². The summed E-state index contributed by atoms with van der Waals surface area (Å²) in [5.41, 5.74) is -2.16. The molecule has 3 saturated carbocycles. The molecule has 0 bridgehead atoms. The van der Waals surface area contributed by atoms with Crippen LogP contribution in [-0.2, 0) is 14.4 Å². The molecule has 0 aromatic rings. The first-order chi connectivity index (χ1) is 19.4. The van der Waals surface area contributed by atoms with Crippen LogP contribution < -0.4 is 16.0 Å². The van der Waals surface area contributed by atoms with Crippen molar-refractivity contribution in [2.24, 2.45) is 34.0 Å². The van der Waals surface area contributed by atoms with Crippen molar-refractivity contribution in [1.82, 2.24) is 25.8 Å². The number of hydrogen-bond acceptors (Lipinski definition) is 5. The highest BCUT2D eigenvalue weighted by Crippen LogP contribution is 2.65. The van der Waals surface area contributed by atoms with Gasteiger partial charge in [-0.25, -0.2) is 13.6 Å². The maximum absolute atomic E-state index is 14.1. The van der Waals surface area contributed by atoms with Crippen LogP contribution in [0.3, 0.4) is 0 Å². The minimum atomic E-state index is -2.77. The van der Waals surface area contributed by atoms with Crippen molar-refractivity contribution in [2.45, 2.75) is 103 Å². The van der Waals surface area contributed by atoms with Crippen LogP contribution in [-0.4, -0.2) is 82.8 Å². The number of amides is 5. The molecule has 3 N–H and O–H groups in total. The first kappa shape index (κ1) is 29.1. The zero-order chi connectivity index (χ0) is 30.6. The monoisotopic (exact) mass is 588 g/mol. The Bertz CT molecular complexity index is 1260. The number of hydrogen-bond donors (Lipinski definition) is 3. The lowest BCUT2D eigenvalue weighted by atomic mass is 9.60. The number of piperidine rings is 1. The van der Waals surface area contributed by atoms with Crippen LogP contribution in [0.15, 0.2) is 0 Å². The van der Waals surface area contributed by atoms with Crippen LogP contribution in [0.2, 0.25) is 0 Å². The number of nitrogens with one attached hydrogen (secondary N) is 3. The van der Waals surface area contributed by atoms with Gasteiger partial charge >= 0.3 is 6.03 Å². The number of likely N-dealkylation sites (tertiary alicyclic amines) is 2. The molecule has 3 aliphatic heterocycles. The van der Waals surface area contributed by atoms with Gasteiger partial charge in [-0.1, -0.05) is 34.6 Å². The first-order valence-electron chi connectivity index (χ1n) is 15.2. The Morgan fingerprint density at radius 2 is 1.79 bits per heavy atom. The number of nitriles is 1. The maximum atomic E-state index is 14.1. The van der Waals surface area contributed by atoms with Crippen molar-refractivity contribution in [2.75, 3.05) is 19.6 Å². The fraction of sp³-hybridized carbons (Fsp3) is 0.833. The number of halogens is 2. The molecule has 3 aliphatic carbocycles. The molecule has 12 heteroatoms. The van der Waals surface area contributed by atoms with Crippen LogP contribution in [0.4, 0.5) is 13.6 Å². The van der Waals surface area contributed by atoms with E-state index in [-0.39, 0.29) is 60.5 Å². The molecule has 10 nitrogen and oxygen atoms in total. The fourth-order valence-electron chi connectivity index (χ4n) is 8.06. The third-order valence-corrected chi connectivity index (χ3v) is 11.4. The van der Waals surface area contributed by atoms with Gasteiger partial charge in [-0.15, -0.1) is 0 Å². The van der Waals surface area contributed by atoms with Crippen molar-refractivity contribution in [3.05, 3.63) is 0 Å². The van der Waals surface area contributed by atoms with Crippen molar-refractivity contribution >= 4 is 23.8 Å². The number of rotatable bonds is 6. The van der Waals surface area contributed by atoms with Gasteiger partial charge in [0, 0.05) is 37.5 Å². The molecule has 6 unspecified atom stereocenters. The van der Waals surface area contributed by atoms with Crippen LogP contribution in [0.5, 0.6) is 0 Å². The van der Waals surface area contributed by atoms with Gasteiger partial charge in [-0.05, 0) is 54.8 Å². The van der Waals surface area contributed by atoms with Crippen LogP contribution in [0.25, 0.3) is 0 Å². The summed E-state index contributed by atoms with van der Waals surface area (Å²) in [5.74, 6) is -4.02. The van der Waals surface area contributed by atoms with E-state index in [2.05, 4.69) is 35.9 Å². The van der Waals surface area contributed by atoms with Crippen molar-refractivity contribution in [1.29, 1.82) is 5.26 Å². The normalized spacial score (nSPS) is 33.4. The zero-order valence-electron chi connectivity index (χ0n) is 25.1. The number of alkyl halides is 2. The summed E-state index contributed by atoms with van der Waals surface area (Å²) >= 11 is 0. The molecule has 0 aromatic carbocycles. The Balaban J connectivity index is 1.14. The van der Waals surface area contributed by atoms with Crippen LogP contribution in [0.1, 0.15) is 73.1 Å². The molecule has 5 amide bonds. The zero-order valence-corrected chi connectivity index (χ0v) is 25.1. The van der Waals surface area contributed by atoms with Crippen LogP contribution >= 0.6 is 0 Å². The van der Waals surface area contributed by atoms with E-state index in [0.29, 0.717) is 19.4 Å². The quantitative estimate of drug-likeness (QED) is 0.438. The lowest BCUT2D eigenvalue weighted by molar-refractivity contribution is -0.248. The molecule has 3 heterocycles. The predicted octanol–water partition coefficient (Wildman–Crippen LogP) is 2.39. The smallest absolute Gasteiger partial charge is 0.318 e. The SMILES string of the molecule is CC(C)(C)C(NC(=O)N1CC2(CCC2(F)F)C1)C(=O)N1CC2C(C1C(=O)NC(C#N)CC1CC3(CC3)NC1=O)C2(C)C. The Morgan fingerprint density at radius 1 is 1.12 bits per heavy atom. The minimum absolute atomic E-state index is 0.0420. The minimum Gasteiger partial charge on any atom is -0.350 e. The Hall–Kier alpha value is -2.97. The molecule has 6 fully saturated rings. The molecule has 0 aromatic heterocycles. The highest BCUT2D eigenvalue weighted by atomic mass is 19.3. The van der Waals surface area contributed by atoms with Gasteiger partial charge in [0.05, 0.1) is 11.5 Å². The Kier molecular flexibility index (Phi) is 6.25. The number of carbonyl (C=O) groups is 4. The topological polar surface area (TPSA) is 135 Å². The van der Waals surface area contributed by atoms with Crippen molar-refractivity contribution in [3.63, 3.8) is 0 Å². The summed E-state index contributed by atoms with van der Waals surface area (Å²) < 4.78 is 28.1. The van der Waals surface area contributed by atoms with Crippen LogP contribution in [0, 0.1) is 45.3 Å². The standard InChI is InChI=1S/C30H42F2N6O4/c1-26(2,3)21(35-25(42)37-14-28(15-37)6-9-30(28,31)32)24(41)38-13-18-19(27(18,4)5)20(38)23(40)34-17(12-33)10-16-11-29(7-8-29)36-22(16)39/h16-21H,6-11,13-15H2,1-5H3,(H,34,40)(H,35,42)(H,36,39). The predicted molar refractivity (Wildman–Crippen MR) is 147 cm³/mol. The van der Waals surface area contributed by atoms with Gasteiger partial charge < -0.3 is 25.8 Å². The second-order valence-corrected chi connectivity index (χ2v) is 15.6. The third-order valence-electron chi connectivity index (χ3n) is 11.4. The molecular weight excluding hydrogens is 546 g/mol. The number of fused-ring (bicyclic) bond motifs is 1. The summed E-state index contributed by atoms with van der Waals surface area (Å²) in [7, 11) is 0. The van der Waals surface area contributed by atoms with E-state index in [1.54, 1.807) is 0 Å². The highest BCUT2D eigenvalue weighted by Gasteiger charge is 2.70. The van der Waals surface area contributed by atoms with E-state index in [1.807, 2.05) is 20.8 Å². The molecule has 3 saturated heterocycles. The molecular formula is C30H42F2N6O4. The van der Waals surface area contributed by atoms with Gasteiger partial charge in [0.25, 0.3) is 5.92 Å². The van der Waals surface area contributed by atoms with Crippen molar-refractivity contribution < 1.29 is 28.0 Å². The Morgan fingerprint density at radius 3 is 2.29 bits per heavy atom. The molecule has 2 spiro atoms. The van der Waals surface area contributed by atoms with E-state index in [9.17, 15) is 33.2 Å². The van der Waals surface area contributed by atoms with E-state index >= 15 is 0 Å². The van der Waals surface area contributed by atoms with Gasteiger partial charge in [0.2, 0.25) is 17.7 Å². The average Bonchev–Trinajstić information content (AvgIpc) is 3.58. The summed E-state index contributed by atoms with van der Waals surface area (Å²) in [6.45, 7) is 9.82.